The molecule has 1 aromatic rings. The zero-order valence-electron chi connectivity index (χ0n) is 10.7. The first kappa shape index (κ1) is 14.0. The zero-order chi connectivity index (χ0) is 13.7. The maximum atomic E-state index is 13.3. The Bertz CT molecular complexity index is 439. The Morgan fingerprint density at radius 3 is 2.84 bits per heavy atom. The van der Waals surface area contributed by atoms with Crippen LogP contribution in [0.4, 0.5) is 10.1 Å². The molecule has 5 heteroatoms. The summed E-state index contributed by atoms with van der Waals surface area (Å²) in [5.74, 6) is -0.269. The third kappa shape index (κ3) is 4.29. The van der Waals surface area contributed by atoms with Crippen molar-refractivity contribution in [3.8, 4) is 0 Å². The van der Waals surface area contributed by atoms with E-state index >= 15 is 0 Å². The molecular weight excluding hydrogens is 247 g/mol. The number of nitrogens with one attached hydrogen (secondary N) is 2. The van der Waals surface area contributed by atoms with Crippen molar-refractivity contribution in [2.45, 2.75) is 25.4 Å². The summed E-state index contributed by atoms with van der Waals surface area (Å²) < 4.78 is 13.3. The Morgan fingerprint density at radius 1 is 1.37 bits per heavy atom. The van der Waals surface area contributed by atoms with E-state index in [1.54, 1.807) is 12.1 Å². The van der Waals surface area contributed by atoms with E-state index in [4.69, 9.17) is 0 Å². The van der Waals surface area contributed by atoms with Gasteiger partial charge in [0, 0.05) is 0 Å². The van der Waals surface area contributed by atoms with Crippen molar-refractivity contribution in [3.05, 3.63) is 30.1 Å². The fraction of sp³-hybridized carbons (Fsp3) is 0.500. The van der Waals surface area contributed by atoms with E-state index in [1.807, 2.05) is 0 Å². The number of para-hydroxylation sites is 1. The molecule has 2 unspecified atom stereocenters. The van der Waals surface area contributed by atoms with Crippen molar-refractivity contribution >= 4 is 11.6 Å². The summed E-state index contributed by atoms with van der Waals surface area (Å²) in [4.78, 5) is 11.6. The predicted molar refractivity (Wildman–Crippen MR) is 71.2 cm³/mol. The first-order valence-electron chi connectivity index (χ1n) is 6.58. The van der Waals surface area contributed by atoms with E-state index in [0.717, 1.165) is 19.3 Å². The number of benzene rings is 1. The topological polar surface area (TPSA) is 61.4 Å². The van der Waals surface area contributed by atoms with Gasteiger partial charge < -0.3 is 15.7 Å². The second-order valence-corrected chi connectivity index (χ2v) is 4.99. The molecule has 1 aliphatic carbocycles. The Morgan fingerprint density at radius 2 is 2.16 bits per heavy atom. The molecule has 1 aromatic carbocycles. The Balaban J connectivity index is 1.69. The average molecular weight is 266 g/mol. The summed E-state index contributed by atoms with van der Waals surface area (Å²) >= 11 is 0. The van der Waals surface area contributed by atoms with Crippen LogP contribution in [0.15, 0.2) is 24.3 Å². The van der Waals surface area contributed by atoms with Crippen molar-refractivity contribution in [1.29, 1.82) is 0 Å². The number of aliphatic hydroxyl groups is 1. The normalized spacial score (nSPS) is 22.4. The summed E-state index contributed by atoms with van der Waals surface area (Å²) in [5.41, 5.74) is 0.200. The Labute approximate surface area is 112 Å². The van der Waals surface area contributed by atoms with Crippen LogP contribution in [0.2, 0.25) is 0 Å². The molecule has 4 nitrogen and oxygen atoms in total. The maximum Gasteiger partial charge on any atom is 0.238 e. The molecule has 1 aliphatic rings. The lowest BCUT2D eigenvalue weighted by molar-refractivity contribution is -0.115. The molecule has 0 heterocycles. The highest BCUT2D eigenvalue weighted by Crippen LogP contribution is 2.24. The van der Waals surface area contributed by atoms with E-state index in [9.17, 15) is 14.3 Å². The number of aliphatic hydroxyl groups excluding tert-OH is 1. The molecule has 104 valence electrons. The van der Waals surface area contributed by atoms with Gasteiger partial charge in [-0.2, -0.15) is 0 Å². The van der Waals surface area contributed by atoms with Crippen LogP contribution in [0.5, 0.6) is 0 Å². The van der Waals surface area contributed by atoms with Gasteiger partial charge in [-0.15, -0.1) is 0 Å². The highest BCUT2D eigenvalue weighted by atomic mass is 19.1. The lowest BCUT2D eigenvalue weighted by Gasteiger charge is -2.11. The number of carbonyl (C=O) groups is 1. The van der Waals surface area contributed by atoms with Gasteiger partial charge in [0.25, 0.3) is 0 Å². The molecule has 0 aromatic heterocycles. The first-order chi connectivity index (χ1) is 9.15. The molecule has 1 saturated carbocycles. The summed E-state index contributed by atoms with van der Waals surface area (Å²) in [5, 5.41) is 14.9. The largest absolute Gasteiger partial charge is 0.393 e. The number of amides is 1. The van der Waals surface area contributed by atoms with Gasteiger partial charge in [0.15, 0.2) is 0 Å². The van der Waals surface area contributed by atoms with E-state index < -0.39 is 5.82 Å². The minimum atomic E-state index is -0.435. The van der Waals surface area contributed by atoms with Crippen molar-refractivity contribution in [2.75, 3.05) is 18.4 Å². The van der Waals surface area contributed by atoms with E-state index in [1.165, 1.54) is 12.1 Å². The molecule has 0 saturated heterocycles. The fourth-order valence-electron chi connectivity index (χ4n) is 2.38. The van der Waals surface area contributed by atoms with Crippen molar-refractivity contribution < 1.29 is 14.3 Å². The smallest absolute Gasteiger partial charge is 0.238 e. The van der Waals surface area contributed by atoms with E-state index in [-0.39, 0.29) is 24.2 Å². The molecule has 1 fully saturated rings. The quantitative estimate of drug-likeness (QED) is 0.757. The molecular formula is C14H19FN2O2. The molecule has 0 aliphatic heterocycles. The van der Waals surface area contributed by atoms with Gasteiger partial charge in [0.1, 0.15) is 5.82 Å². The number of halogens is 1. The molecule has 0 radical (unpaired) electrons. The van der Waals surface area contributed by atoms with Crippen LogP contribution < -0.4 is 10.6 Å². The van der Waals surface area contributed by atoms with Crippen molar-refractivity contribution in [3.63, 3.8) is 0 Å². The van der Waals surface area contributed by atoms with Crippen LogP contribution in [0.25, 0.3) is 0 Å². The number of carbonyl (C=O) groups excluding carboxylic acids is 1. The van der Waals surface area contributed by atoms with Gasteiger partial charge in [0.05, 0.1) is 18.3 Å². The van der Waals surface area contributed by atoms with Crippen LogP contribution in [-0.2, 0) is 4.79 Å². The highest BCUT2D eigenvalue weighted by Gasteiger charge is 2.22. The zero-order valence-corrected chi connectivity index (χ0v) is 10.7. The van der Waals surface area contributed by atoms with Gasteiger partial charge >= 0.3 is 0 Å². The Hall–Kier alpha value is -1.46. The lowest BCUT2D eigenvalue weighted by Crippen LogP contribution is -2.31. The van der Waals surface area contributed by atoms with Crippen molar-refractivity contribution in [1.82, 2.24) is 5.32 Å². The van der Waals surface area contributed by atoms with Crippen LogP contribution in [-0.4, -0.2) is 30.2 Å². The molecule has 1 amide bonds. The van der Waals surface area contributed by atoms with E-state index in [0.29, 0.717) is 12.5 Å². The number of rotatable bonds is 5. The second-order valence-electron chi connectivity index (χ2n) is 4.99. The molecule has 19 heavy (non-hydrogen) atoms. The van der Waals surface area contributed by atoms with Gasteiger partial charge in [-0.3, -0.25) is 4.79 Å². The third-order valence-electron chi connectivity index (χ3n) is 3.38. The predicted octanol–water partition coefficient (Wildman–Crippen LogP) is 1.51. The molecule has 2 atom stereocenters. The molecule has 0 spiro atoms. The van der Waals surface area contributed by atoms with Crippen molar-refractivity contribution in [2.24, 2.45) is 5.92 Å². The van der Waals surface area contributed by atoms with E-state index in [2.05, 4.69) is 10.6 Å². The number of hydrogen-bond donors (Lipinski definition) is 3. The SMILES string of the molecule is O=C(CNCC1CCC(O)C1)Nc1ccccc1F. The van der Waals surface area contributed by atoms with Crippen LogP contribution >= 0.6 is 0 Å². The number of hydrogen-bond acceptors (Lipinski definition) is 3. The average Bonchev–Trinajstić information content (AvgIpc) is 2.78. The number of anilines is 1. The summed E-state index contributed by atoms with van der Waals surface area (Å²) in [6.07, 6.45) is 2.43. The summed E-state index contributed by atoms with van der Waals surface area (Å²) in [7, 11) is 0. The van der Waals surface area contributed by atoms with Gasteiger partial charge in [-0.1, -0.05) is 12.1 Å². The maximum absolute atomic E-state index is 13.3. The summed E-state index contributed by atoms with van der Waals surface area (Å²) in [6.45, 7) is 0.864. The second kappa shape index (κ2) is 6.63. The van der Waals surface area contributed by atoms with Gasteiger partial charge in [0.2, 0.25) is 5.91 Å². The molecule has 3 N–H and O–H groups in total. The summed E-state index contributed by atoms with van der Waals surface area (Å²) in [6, 6.07) is 6.09. The van der Waals surface area contributed by atoms with Crippen LogP contribution in [0.3, 0.4) is 0 Å². The van der Waals surface area contributed by atoms with Crippen LogP contribution in [0.1, 0.15) is 19.3 Å². The minimum Gasteiger partial charge on any atom is -0.393 e. The third-order valence-corrected chi connectivity index (χ3v) is 3.38. The standard InChI is InChI=1S/C14H19FN2O2/c15-12-3-1-2-4-13(12)17-14(19)9-16-8-10-5-6-11(18)7-10/h1-4,10-11,16,18H,5-9H2,(H,17,19). The van der Waals surface area contributed by atoms with Gasteiger partial charge in [-0.25, -0.2) is 4.39 Å². The minimum absolute atomic E-state index is 0.154. The molecule has 2 rings (SSSR count). The lowest BCUT2D eigenvalue weighted by atomic mass is 10.1. The molecule has 0 bridgehead atoms. The van der Waals surface area contributed by atoms with Gasteiger partial charge in [-0.05, 0) is 43.9 Å². The monoisotopic (exact) mass is 266 g/mol. The Kier molecular flexibility index (Phi) is 4.87. The first-order valence-corrected chi connectivity index (χ1v) is 6.58. The fourth-order valence-corrected chi connectivity index (χ4v) is 2.38. The highest BCUT2D eigenvalue weighted by molar-refractivity contribution is 5.92. The van der Waals surface area contributed by atoms with Crippen LogP contribution in [0, 0.1) is 11.7 Å².